The van der Waals surface area contributed by atoms with E-state index in [0.717, 1.165) is 12.8 Å². The average molecular weight is 341 g/mol. The third-order valence-electron chi connectivity index (χ3n) is 4.54. The van der Waals surface area contributed by atoms with Crippen LogP contribution in [0.4, 0.5) is 0 Å². The molecule has 1 aromatic heterocycles. The van der Waals surface area contributed by atoms with Gasteiger partial charge in [0.2, 0.25) is 5.91 Å². The molecule has 2 heterocycles. The molecule has 0 spiro atoms. The van der Waals surface area contributed by atoms with Crippen molar-refractivity contribution >= 4 is 5.91 Å². The summed E-state index contributed by atoms with van der Waals surface area (Å²) in [5.74, 6) is 1.18. The standard InChI is InChI=1S/C20H23NO4/c1-14-5-3-4-6-16(14)7-8-19(22)21-10-9-17(13-21)25-18-11-15(2)24-20(23)12-18/h3-6,11-12,17H,7-10,13H2,1-2H3/t17-/m0/s1. The summed E-state index contributed by atoms with van der Waals surface area (Å²) in [5, 5.41) is 0. The molecule has 5 nitrogen and oxygen atoms in total. The van der Waals surface area contributed by atoms with Gasteiger partial charge >= 0.3 is 5.63 Å². The summed E-state index contributed by atoms with van der Waals surface area (Å²) < 4.78 is 10.8. The van der Waals surface area contributed by atoms with Crippen LogP contribution in [0.3, 0.4) is 0 Å². The highest BCUT2D eigenvalue weighted by Gasteiger charge is 2.27. The molecular formula is C20H23NO4. The van der Waals surface area contributed by atoms with Crippen molar-refractivity contribution in [3.05, 3.63) is 63.7 Å². The summed E-state index contributed by atoms with van der Waals surface area (Å²) in [5.41, 5.74) is 2.02. The number of rotatable bonds is 5. The largest absolute Gasteiger partial charge is 0.488 e. The predicted octanol–water partition coefficient (Wildman–Crippen LogP) is 2.87. The predicted molar refractivity (Wildman–Crippen MR) is 94.8 cm³/mol. The van der Waals surface area contributed by atoms with Crippen LogP contribution in [-0.4, -0.2) is 30.0 Å². The number of nitrogens with zero attached hydrogens (tertiary/aromatic N) is 1. The molecular weight excluding hydrogens is 318 g/mol. The van der Waals surface area contributed by atoms with Crippen molar-refractivity contribution in [2.45, 2.75) is 39.2 Å². The molecule has 132 valence electrons. The van der Waals surface area contributed by atoms with E-state index >= 15 is 0 Å². The van der Waals surface area contributed by atoms with Crippen molar-refractivity contribution in [3.8, 4) is 5.75 Å². The van der Waals surface area contributed by atoms with Gasteiger partial charge in [0.25, 0.3) is 0 Å². The number of amides is 1. The van der Waals surface area contributed by atoms with E-state index in [-0.39, 0.29) is 12.0 Å². The van der Waals surface area contributed by atoms with Gasteiger partial charge in [-0.3, -0.25) is 4.79 Å². The van der Waals surface area contributed by atoms with Gasteiger partial charge in [0.1, 0.15) is 17.6 Å². The highest BCUT2D eigenvalue weighted by atomic mass is 16.5. The Morgan fingerprint density at radius 3 is 2.84 bits per heavy atom. The normalized spacial score (nSPS) is 16.9. The molecule has 5 heteroatoms. The lowest BCUT2D eigenvalue weighted by Gasteiger charge is -2.17. The van der Waals surface area contributed by atoms with Gasteiger partial charge in [-0.2, -0.15) is 0 Å². The molecule has 25 heavy (non-hydrogen) atoms. The number of hydrogen-bond donors (Lipinski definition) is 0. The molecule has 3 rings (SSSR count). The van der Waals surface area contributed by atoms with E-state index in [4.69, 9.17) is 9.15 Å². The molecule has 1 aliphatic heterocycles. The maximum Gasteiger partial charge on any atom is 0.339 e. The highest BCUT2D eigenvalue weighted by molar-refractivity contribution is 5.76. The molecule has 0 N–H and O–H groups in total. The molecule has 0 unspecified atom stereocenters. The number of carbonyl (C=O) groups excluding carboxylic acids is 1. The summed E-state index contributed by atoms with van der Waals surface area (Å²) in [6.07, 6.45) is 1.96. The van der Waals surface area contributed by atoms with Crippen LogP contribution >= 0.6 is 0 Å². The monoisotopic (exact) mass is 341 g/mol. The van der Waals surface area contributed by atoms with Gasteiger partial charge in [-0.1, -0.05) is 24.3 Å². The van der Waals surface area contributed by atoms with Crippen molar-refractivity contribution in [2.24, 2.45) is 0 Å². The highest BCUT2D eigenvalue weighted by Crippen LogP contribution is 2.19. The fourth-order valence-electron chi connectivity index (χ4n) is 3.18. The van der Waals surface area contributed by atoms with E-state index in [0.29, 0.717) is 31.0 Å². The lowest BCUT2D eigenvalue weighted by molar-refractivity contribution is -0.130. The summed E-state index contributed by atoms with van der Waals surface area (Å²) >= 11 is 0. The van der Waals surface area contributed by atoms with Gasteiger partial charge in [-0.25, -0.2) is 4.79 Å². The SMILES string of the molecule is Cc1cc(O[C@H]2CCN(C(=O)CCc3ccccc3C)C2)cc(=O)o1. The Morgan fingerprint density at radius 1 is 1.28 bits per heavy atom. The summed E-state index contributed by atoms with van der Waals surface area (Å²) in [6.45, 7) is 5.03. The number of hydrogen-bond acceptors (Lipinski definition) is 4. The van der Waals surface area contributed by atoms with E-state index < -0.39 is 5.63 Å². The van der Waals surface area contributed by atoms with Gasteiger partial charge < -0.3 is 14.1 Å². The molecule has 1 amide bonds. The first-order valence-corrected chi connectivity index (χ1v) is 8.62. The average Bonchev–Trinajstić information content (AvgIpc) is 3.01. The topological polar surface area (TPSA) is 59.8 Å². The van der Waals surface area contributed by atoms with Crippen molar-refractivity contribution in [1.29, 1.82) is 0 Å². The van der Waals surface area contributed by atoms with Crippen LogP contribution in [0.2, 0.25) is 0 Å². The zero-order chi connectivity index (χ0) is 17.8. The van der Waals surface area contributed by atoms with Gasteiger partial charge in [-0.15, -0.1) is 0 Å². The van der Waals surface area contributed by atoms with Crippen LogP contribution in [-0.2, 0) is 11.2 Å². The van der Waals surface area contributed by atoms with E-state index in [1.54, 1.807) is 13.0 Å². The lowest BCUT2D eigenvalue weighted by atomic mass is 10.0. The Labute approximate surface area is 147 Å². The number of aryl methyl sites for hydroxylation is 3. The third-order valence-corrected chi connectivity index (χ3v) is 4.54. The molecule has 1 aliphatic rings. The van der Waals surface area contributed by atoms with Crippen LogP contribution in [0.25, 0.3) is 0 Å². The Hall–Kier alpha value is -2.56. The molecule has 1 atom stereocenters. The second kappa shape index (κ2) is 7.55. The zero-order valence-corrected chi connectivity index (χ0v) is 14.7. The van der Waals surface area contributed by atoms with Crippen LogP contribution in [0.5, 0.6) is 5.75 Å². The van der Waals surface area contributed by atoms with E-state index in [9.17, 15) is 9.59 Å². The molecule has 0 saturated carbocycles. The number of benzene rings is 1. The number of likely N-dealkylation sites (tertiary alicyclic amines) is 1. The van der Waals surface area contributed by atoms with Gasteiger partial charge in [0.05, 0.1) is 12.6 Å². The Kier molecular flexibility index (Phi) is 5.22. The molecule has 0 aliphatic carbocycles. The summed E-state index contributed by atoms with van der Waals surface area (Å²) in [6, 6.07) is 11.2. The van der Waals surface area contributed by atoms with E-state index in [1.807, 2.05) is 17.0 Å². The zero-order valence-electron chi connectivity index (χ0n) is 14.7. The molecule has 0 radical (unpaired) electrons. The molecule has 1 fully saturated rings. The lowest BCUT2D eigenvalue weighted by Crippen LogP contribution is -2.31. The second-order valence-electron chi connectivity index (χ2n) is 6.52. The fourth-order valence-corrected chi connectivity index (χ4v) is 3.18. The van der Waals surface area contributed by atoms with Crippen LogP contribution in [0, 0.1) is 13.8 Å². The van der Waals surface area contributed by atoms with Crippen LogP contribution < -0.4 is 10.4 Å². The fraction of sp³-hybridized carbons (Fsp3) is 0.400. The number of ether oxygens (including phenoxy) is 1. The Morgan fingerprint density at radius 2 is 2.08 bits per heavy atom. The van der Waals surface area contributed by atoms with E-state index in [2.05, 4.69) is 19.1 Å². The third kappa shape index (κ3) is 4.50. The van der Waals surface area contributed by atoms with Gasteiger partial charge in [-0.05, 0) is 31.4 Å². The minimum Gasteiger partial charge on any atom is -0.488 e. The molecule has 1 aromatic carbocycles. The van der Waals surface area contributed by atoms with Crippen LogP contribution in [0.15, 0.2) is 45.6 Å². The minimum absolute atomic E-state index is 0.0800. The first kappa shape index (κ1) is 17.3. The summed E-state index contributed by atoms with van der Waals surface area (Å²) in [7, 11) is 0. The van der Waals surface area contributed by atoms with Gasteiger partial charge in [0, 0.05) is 25.5 Å². The van der Waals surface area contributed by atoms with E-state index in [1.165, 1.54) is 17.2 Å². The van der Waals surface area contributed by atoms with Crippen LogP contribution in [0.1, 0.15) is 29.7 Å². The summed E-state index contributed by atoms with van der Waals surface area (Å²) in [4.78, 5) is 25.7. The maximum atomic E-state index is 12.4. The molecule has 2 aromatic rings. The van der Waals surface area contributed by atoms with Crippen molar-refractivity contribution in [1.82, 2.24) is 4.90 Å². The van der Waals surface area contributed by atoms with Crippen molar-refractivity contribution in [3.63, 3.8) is 0 Å². The Balaban J connectivity index is 1.52. The number of carbonyl (C=O) groups is 1. The second-order valence-corrected chi connectivity index (χ2v) is 6.52. The minimum atomic E-state index is -0.417. The first-order valence-electron chi connectivity index (χ1n) is 8.62. The van der Waals surface area contributed by atoms with Crippen molar-refractivity contribution in [2.75, 3.05) is 13.1 Å². The molecule has 0 bridgehead atoms. The van der Waals surface area contributed by atoms with Gasteiger partial charge in [0.15, 0.2) is 0 Å². The first-order chi connectivity index (χ1) is 12.0. The molecule has 1 saturated heterocycles. The smallest absolute Gasteiger partial charge is 0.339 e. The maximum absolute atomic E-state index is 12.4. The van der Waals surface area contributed by atoms with Crippen molar-refractivity contribution < 1.29 is 13.9 Å². The quantitative estimate of drug-likeness (QED) is 0.839. The Bertz CT molecular complexity index is 811.